The van der Waals surface area contributed by atoms with Gasteiger partial charge < -0.3 is 29.6 Å². The number of allylic oxidation sites excluding steroid dienone is 3. The van der Waals surface area contributed by atoms with Gasteiger partial charge in [0.25, 0.3) is 0 Å². The molecule has 0 aromatic carbocycles. The molecular formula is C26H35N3O5S. The lowest BCUT2D eigenvalue weighted by molar-refractivity contribution is -0.107. The Morgan fingerprint density at radius 2 is 2.09 bits per heavy atom. The van der Waals surface area contributed by atoms with E-state index in [-0.39, 0.29) is 18.2 Å². The van der Waals surface area contributed by atoms with Crippen LogP contribution in [0.3, 0.4) is 0 Å². The molecule has 35 heavy (non-hydrogen) atoms. The molecular weight excluding hydrogens is 466 g/mol. The van der Waals surface area contributed by atoms with Gasteiger partial charge in [0, 0.05) is 44.0 Å². The molecule has 1 saturated heterocycles. The average molecular weight is 502 g/mol. The molecule has 1 fully saturated rings. The third-order valence-corrected chi connectivity index (χ3v) is 7.01. The molecule has 1 aromatic heterocycles. The number of aldehydes is 1. The zero-order valence-corrected chi connectivity index (χ0v) is 21.4. The SMILES string of the molecule is C=C/C(=C\C(=C)CCC=O)OC.CNc1sc2c(c1C#N)CCC(OC(=O)NC1CCOCC1)C2. The standard InChI is InChI=1S/C16H21N3O3S.C10H14O2/c1-18-15-13(9-17)12-3-2-11(8-14(12)23-15)22-16(20)19-10-4-6-21-7-5-10;1-4-10(12-3)8-9(2)6-5-7-11/h10-11,18H,2-8H2,1H3,(H,19,20);4,7-8H,1-2,5-6H2,3H3/b;10-8+. The highest BCUT2D eigenvalue weighted by Gasteiger charge is 2.28. The summed E-state index contributed by atoms with van der Waals surface area (Å²) in [7, 11) is 3.40. The van der Waals surface area contributed by atoms with Crippen molar-refractivity contribution in [2.24, 2.45) is 0 Å². The second-order valence-electron chi connectivity index (χ2n) is 8.19. The Hall–Kier alpha value is -3.09. The number of ether oxygens (including phenoxy) is 3. The van der Waals surface area contributed by atoms with Gasteiger partial charge >= 0.3 is 6.09 Å². The molecule has 0 saturated carbocycles. The predicted octanol–water partition coefficient (Wildman–Crippen LogP) is 4.66. The Balaban J connectivity index is 0.000000307. The van der Waals surface area contributed by atoms with Crippen LogP contribution in [0.4, 0.5) is 9.80 Å². The summed E-state index contributed by atoms with van der Waals surface area (Å²) < 4.78 is 15.8. The minimum atomic E-state index is -0.337. The van der Waals surface area contributed by atoms with E-state index in [0.29, 0.717) is 38.2 Å². The molecule has 1 atom stereocenters. The highest BCUT2D eigenvalue weighted by Crippen LogP contribution is 2.38. The molecule has 0 bridgehead atoms. The smallest absolute Gasteiger partial charge is 0.407 e. The fourth-order valence-electron chi connectivity index (χ4n) is 3.86. The van der Waals surface area contributed by atoms with E-state index in [1.165, 1.54) is 0 Å². The van der Waals surface area contributed by atoms with E-state index >= 15 is 0 Å². The zero-order chi connectivity index (χ0) is 25.6. The summed E-state index contributed by atoms with van der Waals surface area (Å²) in [6.45, 7) is 8.71. The van der Waals surface area contributed by atoms with Crippen molar-refractivity contribution in [1.29, 1.82) is 5.26 Å². The molecule has 1 aromatic rings. The van der Waals surface area contributed by atoms with Crippen LogP contribution in [0, 0.1) is 11.3 Å². The number of nitrogens with zero attached hydrogens (tertiary/aromatic N) is 1. The van der Waals surface area contributed by atoms with E-state index in [9.17, 15) is 14.9 Å². The monoisotopic (exact) mass is 501 g/mol. The summed E-state index contributed by atoms with van der Waals surface area (Å²) in [6, 6.07) is 2.43. The highest BCUT2D eigenvalue weighted by molar-refractivity contribution is 7.16. The van der Waals surface area contributed by atoms with Crippen LogP contribution < -0.4 is 10.6 Å². The molecule has 1 unspecified atom stereocenters. The van der Waals surface area contributed by atoms with Crippen molar-refractivity contribution in [3.05, 3.63) is 52.6 Å². The molecule has 190 valence electrons. The van der Waals surface area contributed by atoms with Gasteiger partial charge in [0.2, 0.25) is 0 Å². The van der Waals surface area contributed by atoms with Gasteiger partial charge in [-0.25, -0.2) is 4.79 Å². The van der Waals surface area contributed by atoms with Crippen LogP contribution >= 0.6 is 11.3 Å². The average Bonchev–Trinajstić information content (AvgIpc) is 3.23. The maximum Gasteiger partial charge on any atom is 0.407 e. The summed E-state index contributed by atoms with van der Waals surface area (Å²) in [5, 5.41) is 16.2. The summed E-state index contributed by atoms with van der Waals surface area (Å²) in [5.41, 5.74) is 2.74. The number of fused-ring (bicyclic) bond motifs is 1. The van der Waals surface area contributed by atoms with Gasteiger partial charge in [-0.1, -0.05) is 18.7 Å². The fraction of sp³-hybridized carbons (Fsp3) is 0.500. The number of hydrogen-bond acceptors (Lipinski definition) is 8. The maximum absolute atomic E-state index is 12.0. The topological polar surface area (TPSA) is 110 Å². The van der Waals surface area contributed by atoms with Gasteiger partial charge in [0.05, 0.1) is 12.7 Å². The minimum Gasteiger partial charge on any atom is -0.497 e. The van der Waals surface area contributed by atoms with Crippen LogP contribution in [0.5, 0.6) is 0 Å². The summed E-state index contributed by atoms with van der Waals surface area (Å²) in [5.74, 6) is 0.672. The minimum absolute atomic E-state index is 0.114. The lowest BCUT2D eigenvalue weighted by atomic mass is 9.94. The van der Waals surface area contributed by atoms with Gasteiger partial charge in [-0.3, -0.25) is 0 Å². The number of carbonyl (C=O) groups is 2. The van der Waals surface area contributed by atoms with E-state index in [2.05, 4.69) is 29.9 Å². The first-order valence-electron chi connectivity index (χ1n) is 11.7. The zero-order valence-electron chi connectivity index (χ0n) is 20.6. The Labute approximate surface area is 211 Å². The van der Waals surface area contributed by atoms with Gasteiger partial charge in [0.1, 0.15) is 29.2 Å². The number of rotatable bonds is 9. The largest absolute Gasteiger partial charge is 0.497 e. The second-order valence-corrected chi connectivity index (χ2v) is 9.29. The van der Waals surface area contributed by atoms with E-state index in [0.717, 1.165) is 58.5 Å². The Bertz CT molecular complexity index is 957. The van der Waals surface area contributed by atoms with E-state index in [1.54, 1.807) is 30.6 Å². The number of methoxy groups -OCH3 is 1. The first-order valence-corrected chi connectivity index (χ1v) is 12.5. The molecule has 8 nitrogen and oxygen atoms in total. The van der Waals surface area contributed by atoms with Gasteiger partial charge in [-0.15, -0.1) is 11.3 Å². The maximum atomic E-state index is 12.0. The quantitative estimate of drug-likeness (QED) is 0.288. The Morgan fingerprint density at radius 3 is 2.69 bits per heavy atom. The highest BCUT2D eigenvalue weighted by atomic mass is 32.1. The number of alkyl carbamates (subject to hydrolysis) is 1. The van der Waals surface area contributed by atoms with Gasteiger partial charge in [-0.05, 0) is 49.8 Å². The summed E-state index contributed by atoms with van der Waals surface area (Å²) >= 11 is 1.59. The third kappa shape index (κ3) is 8.89. The van der Waals surface area contributed by atoms with Gasteiger partial charge in [-0.2, -0.15) is 5.26 Å². The molecule has 3 rings (SSSR count). The number of nitrogens with one attached hydrogen (secondary N) is 2. The third-order valence-electron chi connectivity index (χ3n) is 5.74. The van der Waals surface area contributed by atoms with Crippen LogP contribution in [0.25, 0.3) is 0 Å². The molecule has 2 heterocycles. The van der Waals surface area contributed by atoms with Crippen molar-refractivity contribution in [3.63, 3.8) is 0 Å². The number of nitriles is 1. The van der Waals surface area contributed by atoms with E-state index in [4.69, 9.17) is 14.2 Å². The van der Waals surface area contributed by atoms with Gasteiger partial charge in [0.15, 0.2) is 0 Å². The van der Waals surface area contributed by atoms with Crippen molar-refractivity contribution in [3.8, 4) is 6.07 Å². The second kappa shape index (κ2) is 15.0. The first-order chi connectivity index (χ1) is 16.9. The molecule has 1 aliphatic carbocycles. The van der Waals surface area contributed by atoms with Crippen LogP contribution in [0.15, 0.2) is 36.6 Å². The van der Waals surface area contributed by atoms with Crippen molar-refractivity contribution < 1.29 is 23.8 Å². The number of carbonyl (C=O) groups excluding carboxylic acids is 2. The van der Waals surface area contributed by atoms with E-state index in [1.807, 2.05) is 7.05 Å². The first kappa shape index (κ1) is 28.1. The normalized spacial score (nSPS) is 17.5. The molecule has 0 spiro atoms. The molecule has 2 N–H and O–H groups in total. The summed E-state index contributed by atoms with van der Waals surface area (Å²) in [4.78, 5) is 23.2. The van der Waals surface area contributed by atoms with Crippen molar-refractivity contribution >= 4 is 28.7 Å². The van der Waals surface area contributed by atoms with Crippen molar-refractivity contribution in [2.75, 3.05) is 32.7 Å². The van der Waals surface area contributed by atoms with Crippen LogP contribution in [0.2, 0.25) is 0 Å². The molecule has 2 aliphatic rings. The van der Waals surface area contributed by atoms with Crippen LogP contribution in [-0.4, -0.2) is 51.9 Å². The molecule has 1 amide bonds. The fourth-order valence-corrected chi connectivity index (χ4v) is 5.08. The summed E-state index contributed by atoms with van der Waals surface area (Å²) in [6.07, 6.45) is 8.90. The number of thiophene rings is 1. The Kier molecular flexibility index (Phi) is 12.1. The predicted molar refractivity (Wildman–Crippen MR) is 138 cm³/mol. The van der Waals surface area contributed by atoms with Crippen molar-refractivity contribution in [2.45, 2.75) is 57.1 Å². The molecule has 9 heteroatoms. The number of amides is 1. The molecule has 0 radical (unpaired) electrons. The number of anilines is 1. The lowest BCUT2D eigenvalue weighted by Gasteiger charge is -2.26. The molecule has 1 aliphatic heterocycles. The number of hydrogen-bond donors (Lipinski definition) is 2. The van der Waals surface area contributed by atoms with Crippen LogP contribution in [0.1, 0.15) is 48.1 Å². The lowest BCUT2D eigenvalue weighted by Crippen LogP contribution is -2.41. The van der Waals surface area contributed by atoms with E-state index < -0.39 is 0 Å². The van der Waals surface area contributed by atoms with Crippen molar-refractivity contribution in [1.82, 2.24) is 5.32 Å². The Morgan fingerprint density at radius 1 is 1.34 bits per heavy atom. The van der Waals surface area contributed by atoms with Crippen LogP contribution in [-0.2, 0) is 31.8 Å².